The van der Waals surface area contributed by atoms with Crippen LogP contribution in [0, 0.1) is 18.6 Å². The van der Waals surface area contributed by atoms with Crippen LogP contribution in [0.25, 0.3) is 5.69 Å². The van der Waals surface area contributed by atoms with Crippen LogP contribution in [0.15, 0.2) is 42.7 Å². The van der Waals surface area contributed by atoms with Crippen molar-refractivity contribution in [3.8, 4) is 5.69 Å². The first-order valence-electron chi connectivity index (χ1n) is 6.42. The molecular formula is C15H11ClF2N4. The van der Waals surface area contributed by atoms with Crippen molar-refractivity contribution in [3.05, 3.63) is 64.9 Å². The van der Waals surface area contributed by atoms with Crippen LogP contribution in [0.1, 0.15) is 5.56 Å². The summed E-state index contributed by atoms with van der Waals surface area (Å²) in [7, 11) is 0. The molecule has 4 nitrogen and oxygen atoms in total. The summed E-state index contributed by atoms with van der Waals surface area (Å²) in [5.74, 6) is -1.03. The Bertz CT molecular complexity index is 812. The monoisotopic (exact) mass is 320 g/mol. The molecule has 0 aliphatic rings. The van der Waals surface area contributed by atoms with Crippen LogP contribution in [0.3, 0.4) is 0 Å². The Morgan fingerprint density at radius 3 is 2.50 bits per heavy atom. The number of hydrogen-bond acceptors (Lipinski definition) is 3. The maximum Gasteiger partial charge on any atom is 0.246 e. The van der Waals surface area contributed by atoms with Crippen LogP contribution < -0.4 is 5.32 Å². The molecule has 3 aromatic rings. The summed E-state index contributed by atoms with van der Waals surface area (Å²) in [6, 6.07) is 8.55. The number of halogens is 3. The highest BCUT2D eigenvalue weighted by molar-refractivity contribution is 6.31. The number of nitrogens with one attached hydrogen (secondary N) is 1. The van der Waals surface area contributed by atoms with Crippen molar-refractivity contribution in [1.29, 1.82) is 0 Å². The van der Waals surface area contributed by atoms with E-state index in [2.05, 4.69) is 15.4 Å². The molecule has 2 aromatic carbocycles. The van der Waals surface area contributed by atoms with Gasteiger partial charge in [0.25, 0.3) is 0 Å². The van der Waals surface area contributed by atoms with Crippen molar-refractivity contribution in [2.75, 3.05) is 5.32 Å². The smallest absolute Gasteiger partial charge is 0.246 e. The number of aromatic nitrogens is 3. The van der Waals surface area contributed by atoms with Gasteiger partial charge in [0.2, 0.25) is 5.95 Å². The lowest BCUT2D eigenvalue weighted by molar-refractivity contribution is 0.580. The van der Waals surface area contributed by atoms with Crippen LogP contribution in [0.5, 0.6) is 0 Å². The first-order chi connectivity index (χ1) is 10.5. The third-order valence-electron chi connectivity index (χ3n) is 3.02. The van der Waals surface area contributed by atoms with Gasteiger partial charge in [-0.05, 0) is 42.8 Å². The van der Waals surface area contributed by atoms with Gasteiger partial charge in [-0.15, -0.1) is 5.10 Å². The van der Waals surface area contributed by atoms with Gasteiger partial charge in [0.05, 0.1) is 5.69 Å². The molecule has 0 amide bonds. The lowest BCUT2D eigenvalue weighted by Crippen LogP contribution is -1.98. The molecule has 0 atom stereocenters. The summed E-state index contributed by atoms with van der Waals surface area (Å²) in [4.78, 5) is 4.06. The molecule has 0 aliphatic carbocycles. The van der Waals surface area contributed by atoms with E-state index in [1.807, 2.05) is 13.0 Å². The van der Waals surface area contributed by atoms with Gasteiger partial charge in [0, 0.05) is 16.8 Å². The number of anilines is 2. The summed E-state index contributed by atoms with van der Waals surface area (Å²) >= 11 is 5.96. The largest absolute Gasteiger partial charge is 0.323 e. The fourth-order valence-corrected chi connectivity index (χ4v) is 2.09. The van der Waals surface area contributed by atoms with Gasteiger partial charge in [-0.1, -0.05) is 11.6 Å². The molecule has 0 aliphatic heterocycles. The van der Waals surface area contributed by atoms with Crippen molar-refractivity contribution in [1.82, 2.24) is 14.8 Å². The predicted molar refractivity (Wildman–Crippen MR) is 80.7 cm³/mol. The minimum atomic E-state index is -0.673. The molecule has 0 radical (unpaired) electrons. The van der Waals surface area contributed by atoms with Crippen LogP contribution in [0.2, 0.25) is 5.02 Å². The third-order valence-corrected chi connectivity index (χ3v) is 3.44. The van der Waals surface area contributed by atoms with Gasteiger partial charge in [-0.25, -0.2) is 13.5 Å². The maximum atomic E-state index is 13.2. The Morgan fingerprint density at radius 2 is 1.82 bits per heavy atom. The zero-order valence-electron chi connectivity index (χ0n) is 11.5. The first-order valence-corrected chi connectivity index (χ1v) is 6.80. The molecule has 7 heteroatoms. The van der Waals surface area contributed by atoms with E-state index in [4.69, 9.17) is 11.6 Å². The van der Waals surface area contributed by atoms with Crippen LogP contribution in [-0.2, 0) is 0 Å². The van der Waals surface area contributed by atoms with Gasteiger partial charge in [-0.2, -0.15) is 4.98 Å². The molecule has 1 N–H and O–H groups in total. The van der Waals surface area contributed by atoms with Gasteiger partial charge < -0.3 is 5.32 Å². The van der Waals surface area contributed by atoms with E-state index < -0.39 is 11.6 Å². The van der Waals surface area contributed by atoms with Gasteiger partial charge >= 0.3 is 0 Å². The van der Waals surface area contributed by atoms with E-state index in [1.165, 1.54) is 23.1 Å². The lowest BCUT2D eigenvalue weighted by atomic mass is 10.2. The fraction of sp³-hybridized carbons (Fsp3) is 0.0667. The molecule has 0 bridgehead atoms. The molecule has 0 saturated heterocycles. The second-order valence-electron chi connectivity index (χ2n) is 4.73. The van der Waals surface area contributed by atoms with Crippen LogP contribution in [0.4, 0.5) is 20.4 Å². The Kier molecular flexibility index (Phi) is 3.77. The molecule has 1 heterocycles. The highest BCUT2D eigenvalue weighted by Gasteiger charge is 2.07. The number of benzene rings is 2. The fourth-order valence-electron chi connectivity index (χ4n) is 1.97. The number of aryl methyl sites for hydroxylation is 1. The quantitative estimate of drug-likeness (QED) is 0.784. The van der Waals surface area contributed by atoms with Crippen molar-refractivity contribution < 1.29 is 8.78 Å². The molecule has 0 spiro atoms. The Hall–Kier alpha value is -2.47. The average molecular weight is 321 g/mol. The first kappa shape index (κ1) is 14.5. The SMILES string of the molecule is Cc1cc(Nc2ncn(-c3cc(F)cc(F)c3)n2)ccc1Cl. The maximum absolute atomic E-state index is 13.2. The van der Waals surface area contributed by atoms with Crippen molar-refractivity contribution in [2.24, 2.45) is 0 Å². The molecule has 22 heavy (non-hydrogen) atoms. The van der Waals surface area contributed by atoms with E-state index in [9.17, 15) is 8.78 Å². The van der Waals surface area contributed by atoms with Crippen LogP contribution >= 0.6 is 11.6 Å². The average Bonchev–Trinajstić information content (AvgIpc) is 2.90. The summed E-state index contributed by atoms with van der Waals surface area (Å²) in [6.07, 6.45) is 1.37. The van der Waals surface area contributed by atoms with E-state index in [0.717, 1.165) is 17.3 Å². The number of rotatable bonds is 3. The predicted octanol–water partition coefficient (Wildman–Crippen LogP) is 4.25. The van der Waals surface area contributed by atoms with Crippen molar-refractivity contribution in [2.45, 2.75) is 6.92 Å². The zero-order chi connectivity index (χ0) is 15.7. The normalized spacial score (nSPS) is 10.7. The zero-order valence-corrected chi connectivity index (χ0v) is 12.3. The minimum Gasteiger partial charge on any atom is -0.323 e. The Labute approximate surface area is 130 Å². The molecule has 112 valence electrons. The van der Waals surface area contributed by atoms with Gasteiger partial charge in [0.15, 0.2) is 0 Å². The van der Waals surface area contributed by atoms with E-state index in [0.29, 0.717) is 11.0 Å². The third kappa shape index (κ3) is 3.07. The Balaban J connectivity index is 1.85. The molecule has 0 unspecified atom stereocenters. The highest BCUT2D eigenvalue weighted by atomic mass is 35.5. The molecule has 0 fully saturated rings. The Morgan fingerprint density at radius 1 is 1.09 bits per heavy atom. The highest BCUT2D eigenvalue weighted by Crippen LogP contribution is 2.21. The second-order valence-corrected chi connectivity index (χ2v) is 5.14. The minimum absolute atomic E-state index is 0.255. The van der Waals surface area contributed by atoms with E-state index in [-0.39, 0.29) is 5.69 Å². The molecular weight excluding hydrogens is 310 g/mol. The topological polar surface area (TPSA) is 42.7 Å². The van der Waals surface area contributed by atoms with Gasteiger partial charge in [-0.3, -0.25) is 0 Å². The van der Waals surface area contributed by atoms with Crippen molar-refractivity contribution in [3.63, 3.8) is 0 Å². The summed E-state index contributed by atoms with van der Waals surface area (Å²) in [5, 5.41) is 7.81. The summed E-state index contributed by atoms with van der Waals surface area (Å²) in [6.45, 7) is 1.88. The van der Waals surface area contributed by atoms with Gasteiger partial charge in [0.1, 0.15) is 18.0 Å². The van der Waals surface area contributed by atoms with E-state index in [1.54, 1.807) is 12.1 Å². The molecule has 1 aromatic heterocycles. The summed E-state index contributed by atoms with van der Waals surface area (Å²) < 4.78 is 27.7. The second kappa shape index (κ2) is 5.73. The summed E-state index contributed by atoms with van der Waals surface area (Å²) in [5.41, 5.74) is 1.94. The van der Waals surface area contributed by atoms with Crippen molar-refractivity contribution >= 4 is 23.2 Å². The number of hydrogen-bond donors (Lipinski definition) is 1. The number of nitrogens with zero attached hydrogens (tertiary/aromatic N) is 3. The van der Waals surface area contributed by atoms with Crippen LogP contribution in [-0.4, -0.2) is 14.8 Å². The lowest BCUT2D eigenvalue weighted by Gasteiger charge is -2.04. The molecule has 3 rings (SSSR count). The standard InChI is InChI=1S/C15H11ClF2N4/c1-9-4-12(2-3-14(9)16)20-15-19-8-22(21-15)13-6-10(17)5-11(18)7-13/h2-8H,1H3,(H,20,21). The molecule has 0 saturated carbocycles. The van der Waals surface area contributed by atoms with E-state index >= 15 is 0 Å².